The lowest BCUT2D eigenvalue weighted by atomic mass is 10.1. The van der Waals surface area contributed by atoms with Gasteiger partial charge in [0.25, 0.3) is 0 Å². The van der Waals surface area contributed by atoms with Crippen LogP contribution in [0, 0.1) is 0 Å². The minimum atomic E-state index is -0.0514. The van der Waals surface area contributed by atoms with Gasteiger partial charge in [-0.3, -0.25) is 4.79 Å². The fraction of sp³-hybridized carbons (Fsp3) is 0.133. The van der Waals surface area contributed by atoms with E-state index in [0.717, 1.165) is 9.79 Å². The van der Waals surface area contributed by atoms with Crippen molar-refractivity contribution in [2.75, 3.05) is 12.9 Å². The molecule has 0 atom stereocenters. The molecular formula is C15H14O3S2. The van der Waals surface area contributed by atoms with E-state index in [1.807, 2.05) is 24.3 Å². The predicted octanol–water partition coefficient (Wildman–Crippen LogP) is 3.66. The predicted molar refractivity (Wildman–Crippen MR) is 83.4 cm³/mol. The molecule has 0 spiro atoms. The Morgan fingerprint density at radius 1 is 1.30 bits per heavy atom. The summed E-state index contributed by atoms with van der Waals surface area (Å²) in [4.78, 5) is 13.9. The fourth-order valence-corrected chi connectivity index (χ4v) is 2.87. The summed E-state index contributed by atoms with van der Waals surface area (Å²) in [7, 11) is 1.47. The van der Waals surface area contributed by atoms with Crippen LogP contribution < -0.4 is 4.74 Å². The molecule has 0 saturated heterocycles. The van der Waals surface area contributed by atoms with Crippen molar-refractivity contribution >= 4 is 30.2 Å². The maximum absolute atomic E-state index is 12.1. The highest BCUT2D eigenvalue weighted by atomic mass is 32.2. The lowest BCUT2D eigenvalue weighted by Gasteiger charge is -2.06. The molecule has 5 heteroatoms. The Morgan fingerprint density at radius 2 is 2.05 bits per heavy atom. The number of benzene rings is 2. The highest BCUT2D eigenvalue weighted by molar-refractivity contribution is 8.00. The smallest absolute Gasteiger partial charge is 0.173 e. The maximum atomic E-state index is 12.1. The number of Topliss-reactive ketones (excluding diaryl/α,β-unsaturated/α-hetero) is 1. The second-order valence-corrected chi connectivity index (χ2v) is 5.57. The molecule has 0 bridgehead atoms. The zero-order valence-corrected chi connectivity index (χ0v) is 12.6. The molecular weight excluding hydrogens is 292 g/mol. The number of aromatic hydroxyl groups is 1. The Labute approximate surface area is 127 Å². The van der Waals surface area contributed by atoms with Crippen LogP contribution in [0.5, 0.6) is 11.5 Å². The van der Waals surface area contributed by atoms with Crippen LogP contribution in [0.2, 0.25) is 0 Å². The Kier molecular flexibility index (Phi) is 4.98. The summed E-state index contributed by atoms with van der Waals surface area (Å²) in [6.45, 7) is 0. The first-order valence-corrected chi connectivity index (χ1v) is 7.36. The van der Waals surface area contributed by atoms with Crippen LogP contribution in [0.15, 0.2) is 52.3 Å². The van der Waals surface area contributed by atoms with Gasteiger partial charge in [0.1, 0.15) is 0 Å². The first kappa shape index (κ1) is 14.8. The van der Waals surface area contributed by atoms with Crippen molar-refractivity contribution in [3.8, 4) is 11.5 Å². The topological polar surface area (TPSA) is 46.5 Å². The van der Waals surface area contributed by atoms with Gasteiger partial charge in [-0.05, 0) is 30.3 Å². The number of rotatable bonds is 5. The van der Waals surface area contributed by atoms with Crippen LogP contribution in [0.1, 0.15) is 10.4 Å². The zero-order chi connectivity index (χ0) is 14.5. The summed E-state index contributed by atoms with van der Waals surface area (Å²) in [5.74, 6) is 0.570. The molecule has 0 aliphatic heterocycles. The molecule has 0 unspecified atom stereocenters. The number of carbonyl (C=O) groups excluding carboxylic acids is 1. The van der Waals surface area contributed by atoms with E-state index >= 15 is 0 Å². The van der Waals surface area contributed by atoms with Crippen LogP contribution in [-0.2, 0) is 0 Å². The van der Waals surface area contributed by atoms with E-state index in [0.29, 0.717) is 17.1 Å². The molecule has 3 nitrogen and oxygen atoms in total. The molecule has 104 valence electrons. The van der Waals surface area contributed by atoms with E-state index < -0.39 is 0 Å². The third kappa shape index (κ3) is 3.49. The van der Waals surface area contributed by atoms with Crippen LogP contribution in [0.4, 0.5) is 0 Å². The molecule has 20 heavy (non-hydrogen) atoms. The van der Waals surface area contributed by atoms with Gasteiger partial charge in [0, 0.05) is 15.4 Å². The van der Waals surface area contributed by atoms with Gasteiger partial charge in [0.2, 0.25) is 0 Å². The molecule has 2 rings (SSSR count). The fourth-order valence-electron chi connectivity index (χ4n) is 1.67. The van der Waals surface area contributed by atoms with Crippen molar-refractivity contribution in [1.29, 1.82) is 0 Å². The van der Waals surface area contributed by atoms with E-state index in [2.05, 4.69) is 12.6 Å². The summed E-state index contributed by atoms with van der Waals surface area (Å²) in [6.07, 6.45) is 0. The monoisotopic (exact) mass is 306 g/mol. The van der Waals surface area contributed by atoms with Gasteiger partial charge in [-0.1, -0.05) is 12.1 Å². The number of phenols is 1. The van der Waals surface area contributed by atoms with Crippen molar-refractivity contribution < 1.29 is 14.6 Å². The largest absolute Gasteiger partial charge is 0.504 e. The Balaban J connectivity index is 2.05. The third-order valence-electron chi connectivity index (χ3n) is 2.72. The minimum absolute atomic E-state index is 0.0297. The normalized spacial score (nSPS) is 10.3. The van der Waals surface area contributed by atoms with Gasteiger partial charge < -0.3 is 9.84 Å². The van der Waals surface area contributed by atoms with E-state index in [4.69, 9.17) is 4.74 Å². The number of ether oxygens (including phenoxy) is 1. The molecule has 0 aromatic heterocycles. The van der Waals surface area contributed by atoms with E-state index in [-0.39, 0.29) is 11.5 Å². The summed E-state index contributed by atoms with van der Waals surface area (Å²) in [6, 6.07) is 12.3. The second kappa shape index (κ2) is 6.72. The van der Waals surface area contributed by atoms with Crippen molar-refractivity contribution in [3.63, 3.8) is 0 Å². The van der Waals surface area contributed by atoms with E-state index in [9.17, 15) is 9.90 Å². The molecule has 0 saturated carbocycles. The average molecular weight is 306 g/mol. The van der Waals surface area contributed by atoms with Gasteiger partial charge in [-0.15, -0.1) is 24.4 Å². The van der Waals surface area contributed by atoms with Crippen molar-refractivity contribution in [1.82, 2.24) is 0 Å². The van der Waals surface area contributed by atoms with Gasteiger partial charge in [0.15, 0.2) is 17.3 Å². The number of thiol groups is 1. The summed E-state index contributed by atoms with van der Waals surface area (Å²) >= 11 is 5.77. The molecule has 0 radical (unpaired) electrons. The molecule has 0 fully saturated rings. The number of methoxy groups -OCH3 is 1. The van der Waals surface area contributed by atoms with Crippen LogP contribution in [-0.4, -0.2) is 23.8 Å². The van der Waals surface area contributed by atoms with Crippen LogP contribution >= 0.6 is 24.4 Å². The van der Waals surface area contributed by atoms with E-state index in [1.54, 1.807) is 12.1 Å². The SMILES string of the molecule is COc1ccc(C(=O)CSc2ccccc2S)cc1O. The number of ketones is 1. The second-order valence-electron chi connectivity index (χ2n) is 4.07. The standard InChI is InChI=1S/C15H14O3S2/c1-18-13-7-6-10(8-11(13)16)12(17)9-20-15-5-3-2-4-14(15)19/h2-8,16,19H,9H2,1H3. The van der Waals surface area contributed by atoms with Gasteiger partial charge in [-0.25, -0.2) is 0 Å². The first-order chi connectivity index (χ1) is 9.61. The Morgan fingerprint density at radius 3 is 2.70 bits per heavy atom. The lowest BCUT2D eigenvalue weighted by molar-refractivity contribution is 0.102. The van der Waals surface area contributed by atoms with Gasteiger partial charge >= 0.3 is 0 Å². The first-order valence-electron chi connectivity index (χ1n) is 5.93. The summed E-state index contributed by atoms with van der Waals surface area (Å²) in [5, 5.41) is 9.67. The van der Waals surface area contributed by atoms with Crippen molar-refractivity contribution in [3.05, 3.63) is 48.0 Å². The highest BCUT2D eigenvalue weighted by Crippen LogP contribution is 2.29. The lowest BCUT2D eigenvalue weighted by Crippen LogP contribution is -2.02. The number of phenolic OH excluding ortho intramolecular Hbond substituents is 1. The van der Waals surface area contributed by atoms with Crippen molar-refractivity contribution in [2.24, 2.45) is 0 Å². The van der Waals surface area contributed by atoms with Gasteiger partial charge in [-0.2, -0.15) is 0 Å². The van der Waals surface area contributed by atoms with Crippen LogP contribution in [0.25, 0.3) is 0 Å². The number of hydrogen-bond acceptors (Lipinski definition) is 5. The van der Waals surface area contributed by atoms with Crippen LogP contribution in [0.3, 0.4) is 0 Å². The molecule has 2 aromatic rings. The summed E-state index contributed by atoms with van der Waals surface area (Å²) < 4.78 is 4.95. The number of carbonyl (C=O) groups is 1. The molecule has 0 heterocycles. The Hall–Kier alpha value is -1.59. The minimum Gasteiger partial charge on any atom is -0.504 e. The zero-order valence-electron chi connectivity index (χ0n) is 10.9. The quantitative estimate of drug-likeness (QED) is 0.503. The number of hydrogen-bond donors (Lipinski definition) is 2. The number of thioether (sulfide) groups is 1. The highest BCUT2D eigenvalue weighted by Gasteiger charge is 2.11. The van der Waals surface area contributed by atoms with Crippen molar-refractivity contribution in [2.45, 2.75) is 9.79 Å². The Bertz CT molecular complexity index is 626. The van der Waals surface area contributed by atoms with E-state index in [1.165, 1.54) is 24.9 Å². The average Bonchev–Trinajstić information content (AvgIpc) is 2.46. The third-order valence-corrected chi connectivity index (χ3v) is 4.34. The maximum Gasteiger partial charge on any atom is 0.173 e. The molecule has 1 N–H and O–H groups in total. The molecule has 0 aliphatic rings. The van der Waals surface area contributed by atoms with Gasteiger partial charge in [0.05, 0.1) is 12.9 Å². The molecule has 0 amide bonds. The summed E-state index contributed by atoms with van der Waals surface area (Å²) in [5.41, 5.74) is 0.465. The molecule has 0 aliphatic carbocycles. The molecule has 2 aromatic carbocycles.